The number of hydrogen-bond donors (Lipinski definition) is 0. The van der Waals surface area contributed by atoms with Gasteiger partial charge in [0.1, 0.15) is 0 Å². The molecule has 0 fully saturated rings. The molecule has 2 aromatic rings. The Labute approximate surface area is 107 Å². The zero-order chi connectivity index (χ0) is 12.6. The van der Waals surface area contributed by atoms with E-state index in [9.17, 15) is 10.1 Å². The molecule has 1 aromatic carbocycles. The van der Waals surface area contributed by atoms with Crippen molar-refractivity contribution in [2.75, 3.05) is 0 Å². The molecule has 0 saturated carbocycles. The first-order valence-corrected chi connectivity index (χ1v) is 5.43. The molecule has 0 amide bonds. The van der Waals surface area contributed by atoms with Gasteiger partial charge in [0, 0.05) is 0 Å². The summed E-state index contributed by atoms with van der Waals surface area (Å²) in [7, 11) is 0. The summed E-state index contributed by atoms with van der Waals surface area (Å²) >= 11 is 11.2. The first-order chi connectivity index (χ1) is 7.91. The average molecular weight is 272 g/mol. The standard InChI is InChI=1S/C10H7Cl2N3O2/c1-6-2-3-7-8(4-6)13-5-9(14-7)10(11,12)15(16)17/h2-5H,1H3. The molecule has 0 radical (unpaired) electrons. The van der Waals surface area contributed by atoms with Crippen molar-refractivity contribution in [3.05, 3.63) is 45.8 Å². The van der Waals surface area contributed by atoms with Crippen molar-refractivity contribution in [2.24, 2.45) is 0 Å². The summed E-state index contributed by atoms with van der Waals surface area (Å²) in [5.41, 5.74) is 2.08. The molecule has 0 N–H and O–H groups in total. The van der Waals surface area contributed by atoms with Crippen molar-refractivity contribution in [2.45, 2.75) is 11.4 Å². The number of benzene rings is 1. The molecule has 2 rings (SSSR count). The number of fused-ring (bicyclic) bond motifs is 1. The van der Waals surface area contributed by atoms with Crippen LogP contribution in [0.15, 0.2) is 24.4 Å². The first kappa shape index (κ1) is 12.0. The maximum atomic E-state index is 10.7. The van der Waals surface area contributed by atoms with Crippen LogP contribution in [0.1, 0.15) is 11.3 Å². The number of hydrogen-bond acceptors (Lipinski definition) is 4. The van der Waals surface area contributed by atoms with Crippen LogP contribution in [-0.4, -0.2) is 14.9 Å². The molecule has 0 bridgehead atoms. The van der Waals surface area contributed by atoms with Crippen LogP contribution in [0.3, 0.4) is 0 Å². The van der Waals surface area contributed by atoms with Crippen LogP contribution in [0.25, 0.3) is 11.0 Å². The summed E-state index contributed by atoms with van der Waals surface area (Å²) in [6.07, 6.45) is 1.21. The van der Waals surface area contributed by atoms with E-state index in [4.69, 9.17) is 23.2 Å². The molecule has 0 aliphatic carbocycles. The normalized spacial score (nSPS) is 11.7. The number of aryl methyl sites for hydroxylation is 1. The van der Waals surface area contributed by atoms with Gasteiger partial charge in [-0.2, -0.15) is 0 Å². The highest BCUT2D eigenvalue weighted by molar-refractivity contribution is 6.46. The summed E-state index contributed by atoms with van der Waals surface area (Å²) in [4.78, 5) is 18.0. The molecule has 88 valence electrons. The largest absolute Gasteiger partial charge is 0.414 e. The van der Waals surface area contributed by atoms with Crippen LogP contribution in [0.5, 0.6) is 0 Å². The van der Waals surface area contributed by atoms with Crippen molar-refractivity contribution in [1.82, 2.24) is 9.97 Å². The highest BCUT2D eigenvalue weighted by Crippen LogP contribution is 2.33. The number of rotatable bonds is 2. The fourth-order valence-electron chi connectivity index (χ4n) is 1.36. The second-order valence-corrected chi connectivity index (χ2v) is 4.83. The minimum absolute atomic E-state index is 0.0952. The molecule has 1 aromatic heterocycles. The van der Waals surface area contributed by atoms with E-state index in [-0.39, 0.29) is 5.69 Å². The van der Waals surface area contributed by atoms with E-state index in [1.165, 1.54) is 6.20 Å². The maximum Gasteiger partial charge on any atom is 0.414 e. The van der Waals surface area contributed by atoms with Gasteiger partial charge in [-0.25, -0.2) is 4.98 Å². The zero-order valence-electron chi connectivity index (χ0n) is 8.72. The zero-order valence-corrected chi connectivity index (χ0v) is 10.2. The van der Waals surface area contributed by atoms with Gasteiger partial charge in [-0.15, -0.1) is 0 Å². The van der Waals surface area contributed by atoms with Crippen LogP contribution >= 0.6 is 23.2 Å². The van der Waals surface area contributed by atoms with Crippen LogP contribution in [0.2, 0.25) is 0 Å². The van der Waals surface area contributed by atoms with Gasteiger partial charge in [0.25, 0.3) is 0 Å². The van der Waals surface area contributed by atoms with E-state index < -0.39 is 9.38 Å². The third-order valence-corrected chi connectivity index (χ3v) is 2.90. The Bertz CT molecular complexity index is 601. The lowest BCUT2D eigenvalue weighted by Gasteiger charge is -2.09. The van der Waals surface area contributed by atoms with Crippen LogP contribution in [-0.2, 0) is 4.46 Å². The molecule has 7 heteroatoms. The second kappa shape index (κ2) is 4.09. The van der Waals surface area contributed by atoms with Crippen LogP contribution < -0.4 is 0 Å². The smallest absolute Gasteiger partial charge is 0.261 e. The Balaban J connectivity index is 2.59. The molecule has 0 spiro atoms. The predicted molar refractivity (Wildman–Crippen MR) is 64.7 cm³/mol. The van der Waals surface area contributed by atoms with Gasteiger partial charge in [-0.1, -0.05) is 6.07 Å². The summed E-state index contributed by atoms with van der Waals surface area (Å²) in [5, 5.41) is 10.7. The highest BCUT2D eigenvalue weighted by Gasteiger charge is 2.42. The Kier molecular flexibility index (Phi) is 2.89. The monoisotopic (exact) mass is 271 g/mol. The Morgan fingerprint density at radius 1 is 1.35 bits per heavy atom. The van der Waals surface area contributed by atoms with E-state index in [1.54, 1.807) is 6.07 Å². The van der Waals surface area contributed by atoms with Gasteiger partial charge in [0.05, 0.1) is 22.2 Å². The molecule has 5 nitrogen and oxygen atoms in total. The molecule has 0 aliphatic heterocycles. The Hall–Kier alpha value is -1.46. The van der Waals surface area contributed by atoms with E-state index in [2.05, 4.69) is 9.97 Å². The SMILES string of the molecule is Cc1ccc2nc(C(Cl)(Cl)[N+](=O)[O-])cnc2c1. The molecule has 0 unspecified atom stereocenters. The number of alkyl halides is 2. The van der Waals surface area contributed by atoms with Crippen molar-refractivity contribution < 1.29 is 4.92 Å². The van der Waals surface area contributed by atoms with Crippen molar-refractivity contribution in [3.8, 4) is 0 Å². The van der Waals surface area contributed by atoms with Gasteiger partial charge in [0.15, 0.2) is 5.69 Å². The van der Waals surface area contributed by atoms with E-state index >= 15 is 0 Å². The van der Waals surface area contributed by atoms with Crippen LogP contribution in [0, 0.1) is 17.0 Å². The number of halogens is 2. The molecule has 0 saturated heterocycles. The topological polar surface area (TPSA) is 68.9 Å². The molecule has 0 aliphatic rings. The fraction of sp³-hybridized carbons (Fsp3) is 0.200. The summed E-state index contributed by atoms with van der Waals surface area (Å²) in [5.74, 6) is 0. The molecule has 1 heterocycles. The minimum Gasteiger partial charge on any atom is -0.261 e. The van der Waals surface area contributed by atoms with E-state index in [0.29, 0.717) is 11.0 Å². The second-order valence-electron chi connectivity index (χ2n) is 3.55. The number of nitro groups is 1. The molecule has 0 atom stereocenters. The van der Waals surface area contributed by atoms with Crippen LogP contribution in [0.4, 0.5) is 0 Å². The van der Waals surface area contributed by atoms with Gasteiger partial charge in [-0.3, -0.25) is 15.1 Å². The van der Waals surface area contributed by atoms with E-state index in [1.807, 2.05) is 19.1 Å². The summed E-state index contributed by atoms with van der Waals surface area (Å²) in [6, 6.07) is 5.37. The van der Waals surface area contributed by atoms with Gasteiger partial charge in [-0.05, 0) is 47.8 Å². The van der Waals surface area contributed by atoms with Gasteiger partial charge in [0.2, 0.25) is 0 Å². The van der Waals surface area contributed by atoms with Gasteiger partial charge >= 0.3 is 4.46 Å². The Morgan fingerprint density at radius 3 is 2.71 bits per heavy atom. The van der Waals surface area contributed by atoms with Crippen molar-refractivity contribution >= 4 is 34.2 Å². The Morgan fingerprint density at radius 2 is 2.06 bits per heavy atom. The third-order valence-electron chi connectivity index (χ3n) is 2.24. The van der Waals surface area contributed by atoms with Crippen molar-refractivity contribution in [3.63, 3.8) is 0 Å². The molecular formula is C10H7Cl2N3O2. The fourth-order valence-corrected chi connectivity index (χ4v) is 1.54. The van der Waals surface area contributed by atoms with E-state index in [0.717, 1.165) is 5.56 Å². The summed E-state index contributed by atoms with van der Waals surface area (Å²) in [6.45, 7) is 1.92. The number of aromatic nitrogens is 2. The minimum atomic E-state index is -2.27. The lowest BCUT2D eigenvalue weighted by molar-refractivity contribution is -0.523. The third kappa shape index (κ3) is 2.16. The lowest BCUT2D eigenvalue weighted by atomic mass is 10.2. The highest BCUT2D eigenvalue weighted by atomic mass is 35.5. The number of nitrogens with zero attached hydrogens (tertiary/aromatic N) is 3. The first-order valence-electron chi connectivity index (χ1n) is 4.67. The quantitative estimate of drug-likeness (QED) is 0.365. The molecular weight excluding hydrogens is 265 g/mol. The predicted octanol–water partition coefficient (Wildman–Crippen LogP) is 2.80. The molecule has 17 heavy (non-hydrogen) atoms. The maximum absolute atomic E-state index is 10.7. The van der Waals surface area contributed by atoms with Crippen molar-refractivity contribution in [1.29, 1.82) is 0 Å². The van der Waals surface area contributed by atoms with Gasteiger partial charge < -0.3 is 0 Å². The average Bonchev–Trinajstić information content (AvgIpc) is 2.28. The summed E-state index contributed by atoms with van der Waals surface area (Å²) < 4.78 is -2.27. The lowest BCUT2D eigenvalue weighted by Crippen LogP contribution is -2.23.